The number of aromatic nitrogens is 2. The molecule has 0 aliphatic carbocycles. The third-order valence-corrected chi connectivity index (χ3v) is 3.78. The van der Waals surface area contributed by atoms with Crippen LogP contribution in [0.25, 0.3) is 11.5 Å². The van der Waals surface area contributed by atoms with Gasteiger partial charge in [-0.1, -0.05) is 29.8 Å². The Balaban J connectivity index is 2.83. The van der Waals surface area contributed by atoms with E-state index in [0.29, 0.717) is 12.1 Å². The summed E-state index contributed by atoms with van der Waals surface area (Å²) in [7, 11) is 3.27. The van der Waals surface area contributed by atoms with Crippen LogP contribution in [0.15, 0.2) is 23.7 Å². The lowest BCUT2D eigenvalue weighted by Crippen LogP contribution is -2.09. The van der Waals surface area contributed by atoms with Gasteiger partial charge in [0.25, 0.3) is 0 Å². The lowest BCUT2D eigenvalue weighted by atomic mass is 10.2. The van der Waals surface area contributed by atoms with Gasteiger partial charge in [0.1, 0.15) is 17.6 Å². The Morgan fingerprint density at radius 1 is 1.33 bits per heavy atom. The van der Waals surface area contributed by atoms with Gasteiger partial charge in [-0.25, -0.2) is 14.1 Å². The lowest BCUT2D eigenvalue weighted by molar-refractivity contribution is -0.137. The van der Waals surface area contributed by atoms with Crippen molar-refractivity contribution in [2.24, 2.45) is 4.99 Å². The number of alkyl halides is 3. The molecule has 0 amide bonds. The molecule has 1 aromatic carbocycles. The molecule has 2 rings (SSSR count). The first-order valence-electron chi connectivity index (χ1n) is 7.12. The zero-order chi connectivity index (χ0) is 20.5. The van der Waals surface area contributed by atoms with Crippen LogP contribution in [0, 0.1) is 11.3 Å². The summed E-state index contributed by atoms with van der Waals surface area (Å²) in [5.41, 5.74) is -1.94. The Bertz CT molecular complexity index is 947. The molecule has 0 spiro atoms. The van der Waals surface area contributed by atoms with Crippen LogP contribution in [0.2, 0.25) is 10.0 Å². The number of halogens is 6. The maximum absolute atomic E-state index is 13.9. The second-order valence-electron chi connectivity index (χ2n) is 5.47. The normalized spacial score (nSPS) is 11.7. The molecular formula is C16H11Cl2F4N5. The number of rotatable bonds is 4. The van der Waals surface area contributed by atoms with E-state index < -0.39 is 27.6 Å². The van der Waals surface area contributed by atoms with Gasteiger partial charge in [-0.05, 0) is 12.1 Å². The monoisotopic (exact) mass is 419 g/mol. The zero-order valence-electron chi connectivity index (χ0n) is 13.9. The molecule has 0 radical (unpaired) electrons. The van der Waals surface area contributed by atoms with Gasteiger partial charge in [0.2, 0.25) is 0 Å². The van der Waals surface area contributed by atoms with E-state index in [-0.39, 0.29) is 22.8 Å². The molecular weight excluding hydrogens is 409 g/mol. The smallest absolute Gasteiger partial charge is 0.369 e. The summed E-state index contributed by atoms with van der Waals surface area (Å²) in [5, 5.41) is 12.3. The molecule has 0 aliphatic rings. The Morgan fingerprint density at radius 3 is 2.30 bits per heavy atom. The minimum atomic E-state index is -4.67. The van der Waals surface area contributed by atoms with Gasteiger partial charge in [0.15, 0.2) is 11.5 Å². The third kappa shape index (κ3) is 4.23. The second kappa shape index (κ2) is 7.58. The molecule has 1 heterocycles. The van der Waals surface area contributed by atoms with Gasteiger partial charge in [-0.15, -0.1) is 0 Å². The maximum Gasteiger partial charge on any atom is 0.416 e. The molecule has 11 heteroatoms. The van der Waals surface area contributed by atoms with Crippen LogP contribution < -0.4 is 0 Å². The summed E-state index contributed by atoms with van der Waals surface area (Å²) in [5.74, 6) is -1.20. The fourth-order valence-electron chi connectivity index (χ4n) is 2.11. The number of benzene rings is 1. The van der Waals surface area contributed by atoms with Gasteiger partial charge in [-0.2, -0.15) is 23.5 Å². The molecule has 0 N–H and O–H groups in total. The van der Waals surface area contributed by atoms with Crippen LogP contribution in [0.1, 0.15) is 16.8 Å². The van der Waals surface area contributed by atoms with E-state index in [2.05, 4.69) is 16.7 Å². The summed E-state index contributed by atoms with van der Waals surface area (Å²) in [6.07, 6.45) is -3.38. The van der Waals surface area contributed by atoms with Gasteiger partial charge in [0, 0.05) is 14.1 Å². The van der Waals surface area contributed by atoms with Crippen molar-refractivity contribution in [3.05, 3.63) is 45.6 Å². The van der Waals surface area contributed by atoms with Crippen molar-refractivity contribution in [3.8, 4) is 11.8 Å². The zero-order valence-corrected chi connectivity index (χ0v) is 15.5. The van der Waals surface area contributed by atoms with Crippen molar-refractivity contribution in [1.29, 1.82) is 5.26 Å². The first kappa shape index (κ1) is 20.7. The van der Waals surface area contributed by atoms with Crippen molar-refractivity contribution in [1.82, 2.24) is 14.7 Å². The molecule has 2 aromatic rings. The van der Waals surface area contributed by atoms with Crippen LogP contribution in [0.5, 0.6) is 0 Å². The highest BCUT2D eigenvalue weighted by molar-refractivity contribution is 6.38. The van der Waals surface area contributed by atoms with Crippen LogP contribution in [0.3, 0.4) is 0 Å². The average Bonchev–Trinajstić information content (AvgIpc) is 2.89. The molecule has 0 aliphatic heterocycles. The van der Waals surface area contributed by atoms with Crippen molar-refractivity contribution in [2.45, 2.75) is 6.18 Å². The standard InChI is InChI=1S/C16H11Cl2F4N5/c1-8(19)13-12(6-23)25-27(15(13)24-7-26(2)3)14-10(17)4-9(5-11(14)18)16(20,21)22/h4-5,7H,1H2,2-3H3. The molecule has 142 valence electrons. The van der Waals surface area contributed by atoms with Gasteiger partial charge < -0.3 is 4.90 Å². The van der Waals surface area contributed by atoms with Crippen molar-refractivity contribution >= 4 is 41.2 Å². The maximum atomic E-state index is 13.9. The van der Waals surface area contributed by atoms with E-state index in [1.807, 2.05) is 0 Å². The molecule has 0 fully saturated rings. The van der Waals surface area contributed by atoms with E-state index in [1.165, 1.54) is 11.2 Å². The number of nitriles is 1. The van der Waals surface area contributed by atoms with E-state index in [0.717, 1.165) is 4.68 Å². The minimum absolute atomic E-state index is 0.179. The van der Waals surface area contributed by atoms with Crippen molar-refractivity contribution < 1.29 is 17.6 Å². The number of nitrogens with zero attached hydrogens (tertiary/aromatic N) is 5. The molecule has 1 aromatic heterocycles. The van der Waals surface area contributed by atoms with Crippen molar-refractivity contribution in [2.75, 3.05) is 14.1 Å². The molecule has 0 saturated heterocycles. The molecule has 5 nitrogen and oxygen atoms in total. The highest BCUT2D eigenvalue weighted by Crippen LogP contribution is 2.40. The molecule has 0 atom stereocenters. The fraction of sp³-hybridized carbons (Fsp3) is 0.188. The Hall–Kier alpha value is -2.57. The van der Waals surface area contributed by atoms with Crippen LogP contribution in [-0.2, 0) is 6.18 Å². The largest absolute Gasteiger partial charge is 0.416 e. The second-order valence-corrected chi connectivity index (χ2v) is 6.28. The summed E-state index contributed by atoms with van der Waals surface area (Å²) in [6, 6.07) is 2.99. The molecule has 0 saturated carbocycles. The SMILES string of the molecule is C=C(F)c1c(C#N)nn(-c2c(Cl)cc(C(F)(F)F)cc2Cl)c1N=CN(C)C. The van der Waals surface area contributed by atoms with Gasteiger partial charge in [-0.3, -0.25) is 0 Å². The van der Waals surface area contributed by atoms with E-state index >= 15 is 0 Å². The first-order chi connectivity index (χ1) is 12.5. The van der Waals surface area contributed by atoms with Crippen LogP contribution >= 0.6 is 23.2 Å². The third-order valence-electron chi connectivity index (χ3n) is 3.21. The van der Waals surface area contributed by atoms with Gasteiger partial charge in [0.05, 0.1) is 27.5 Å². The Kier molecular flexibility index (Phi) is 5.82. The predicted molar refractivity (Wildman–Crippen MR) is 95.3 cm³/mol. The van der Waals surface area contributed by atoms with E-state index in [1.54, 1.807) is 20.2 Å². The van der Waals surface area contributed by atoms with E-state index in [4.69, 9.17) is 23.2 Å². The molecule has 27 heavy (non-hydrogen) atoms. The van der Waals surface area contributed by atoms with E-state index in [9.17, 15) is 22.8 Å². The molecule has 0 unspecified atom stereocenters. The quantitative estimate of drug-likeness (QED) is 0.387. The number of hydrogen-bond donors (Lipinski definition) is 0. The lowest BCUT2D eigenvalue weighted by Gasteiger charge is -2.13. The van der Waals surface area contributed by atoms with Crippen LogP contribution in [-0.4, -0.2) is 35.1 Å². The Morgan fingerprint density at radius 2 is 1.89 bits per heavy atom. The average molecular weight is 420 g/mol. The highest BCUT2D eigenvalue weighted by Gasteiger charge is 2.33. The van der Waals surface area contributed by atoms with Gasteiger partial charge >= 0.3 is 6.18 Å². The Labute approximate surface area is 161 Å². The topological polar surface area (TPSA) is 57.2 Å². The minimum Gasteiger partial charge on any atom is -0.369 e. The fourth-order valence-corrected chi connectivity index (χ4v) is 2.76. The summed E-state index contributed by atoms with van der Waals surface area (Å²) >= 11 is 12.0. The van der Waals surface area contributed by atoms with Crippen molar-refractivity contribution in [3.63, 3.8) is 0 Å². The number of hydrogen-bond acceptors (Lipinski definition) is 3. The highest BCUT2D eigenvalue weighted by atomic mass is 35.5. The molecule has 0 bridgehead atoms. The summed E-state index contributed by atoms with van der Waals surface area (Å²) in [4.78, 5) is 5.55. The van der Waals surface area contributed by atoms with Crippen LogP contribution in [0.4, 0.5) is 23.4 Å². The summed E-state index contributed by atoms with van der Waals surface area (Å²) in [6.45, 7) is 3.15. The predicted octanol–water partition coefficient (Wildman–Crippen LogP) is 5.23. The first-order valence-corrected chi connectivity index (χ1v) is 7.88. The number of aliphatic imine (C=N–C) groups is 1. The summed E-state index contributed by atoms with van der Waals surface area (Å²) < 4.78 is 53.6.